The van der Waals surface area contributed by atoms with Crippen LogP contribution in [0.25, 0.3) is 10.1 Å². The predicted octanol–water partition coefficient (Wildman–Crippen LogP) is 4.19. The summed E-state index contributed by atoms with van der Waals surface area (Å²) < 4.78 is 42.4. The number of hydrogen-bond acceptors (Lipinski definition) is 4. The maximum absolute atomic E-state index is 14.2. The summed E-state index contributed by atoms with van der Waals surface area (Å²) in [7, 11) is -3.60. The van der Waals surface area contributed by atoms with Crippen molar-refractivity contribution in [3.63, 3.8) is 0 Å². The average Bonchev–Trinajstić information content (AvgIpc) is 2.90. The van der Waals surface area contributed by atoms with E-state index in [9.17, 15) is 17.6 Å². The molecule has 1 fully saturated rings. The Balaban J connectivity index is 1.55. The zero-order chi connectivity index (χ0) is 21.5. The Bertz CT molecular complexity index is 1200. The molecule has 8 heteroatoms. The number of hydrogen-bond donors (Lipinski definition) is 0. The zero-order valence-electron chi connectivity index (χ0n) is 16.9. The first-order valence-corrected chi connectivity index (χ1v) is 12.1. The van der Waals surface area contributed by atoms with E-state index in [0.29, 0.717) is 41.9 Å². The fourth-order valence-corrected chi connectivity index (χ4v) is 6.46. The molecule has 0 radical (unpaired) electrons. The highest BCUT2D eigenvalue weighted by Gasteiger charge is 2.30. The molecular formula is C22H23FN2O3S2. The lowest BCUT2D eigenvalue weighted by Gasteiger charge is -2.22. The van der Waals surface area contributed by atoms with E-state index in [2.05, 4.69) is 0 Å². The van der Waals surface area contributed by atoms with E-state index in [4.69, 9.17) is 0 Å². The molecule has 0 spiro atoms. The number of fused-ring (bicyclic) bond motifs is 1. The minimum absolute atomic E-state index is 0.164. The van der Waals surface area contributed by atoms with Crippen molar-refractivity contribution >= 4 is 37.4 Å². The SMILES string of the molecule is Cc1ccc(S(=O)(=O)N2CCCN(C(=O)c3sc4cccc(F)c4c3C)CC2)cc1. The third-order valence-corrected chi connectivity index (χ3v) is 8.66. The minimum atomic E-state index is -3.60. The summed E-state index contributed by atoms with van der Waals surface area (Å²) in [4.78, 5) is 15.6. The number of halogens is 1. The number of amides is 1. The number of nitrogens with zero attached hydrogens (tertiary/aromatic N) is 2. The fourth-order valence-electron chi connectivity index (χ4n) is 3.80. The predicted molar refractivity (Wildman–Crippen MR) is 117 cm³/mol. The molecular weight excluding hydrogens is 423 g/mol. The normalized spacial score (nSPS) is 16.0. The van der Waals surface area contributed by atoms with Crippen LogP contribution >= 0.6 is 11.3 Å². The van der Waals surface area contributed by atoms with Gasteiger partial charge in [0.15, 0.2) is 0 Å². The Morgan fingerprint density at radius 3 is 2.43 bits per heavy atom. The molecule has 0 N–H and O–H groups in total. The Hall–Kier alpha value is -2.29. The summed E-state index contributed by atoms with van der Waals surface area (Å²) in [5.74, 6) is -0.491. The van der Waals surface area contributed by atoms with Crippen LogP contribution in [-0.4, -0.2) is 49.7 Å². The highest BCUT2D eigenvalue weighted by molar-refractivity contribution is 7.89. The summed E-state index contributed by atoms with van der Waals surface area (Å²) >= 11 is 1.29. The van der Waals surface area contributed by atoms with Crippen molar-refractivity contribution in [2.24, 2.45) is 0 Å². The van der Waals surface area contributed by atoms with Gasteiger partial charge in [-0.3, -0.25) is 4.79 Å². The molecule has 5 nitrogen and oxygen atoms in total. The fraction of sp³-hybridized carbons (Fsp3) is 0.318. The average molecular weight is 447 g/mol. The number of carbonyl (C=O) groups is 1. The zero-order valence-corrected chi connectivity index (χ0v) is 18.5. The van der Waals surface area contributed by atoms with Gasteiger partial charge in [0.2, 0.25) is 10.0 Å². The summed E-state index contributed by atoms with van der Waals surface area (Å²) in [6.07, 6.45) is 0.551. The second-order valence-electron chi connectivity index (χ2n) is 7.53. The molecule has 0 saturated carbocycles. The summed E-state index contributed by atoms with van der Waals surface area (Å²) in [6.45, 7) is 5.05. The minimum Gasteiger partial charge on any atom is -0.337 e. The quantitative estimate of drug-likeness (QED) is 0.606. The molecule has 0 bridgehead atoms. The number of aryl methyl sites for hydroxylation is 2. The lowest BCUT2D eigenvalue weighted by atomic mass is 10.1. The van der Waals surface area contributed by atoms with Crippen LogP contribution in [0.1, 0.15) is 27.2 Å². The molecule has 1 amide bonds. The first kappa shape index (κ1) is 21.0. The summed E-state index contributed by atoms with van der Waals surface area (Å²) in [5, 5.41) is 0.490. The van der Waals surface area contributed by atoms with Gasteiger partial charge >= 0.3 is 0 Å². The van der Waals surface area contributed by atoms with Gasteiger partial charge in [-0.1, -0.05) is 23.8 Å². The first-order chi connectivity index (χ1) is 14.3. The highest BCUT2D eigenvalue weighted by Crippen LogP contribution is 2.33. The van der Waals surface area contributed by atoms with Crippen LogP contribution in [0.15, 0.2) is 47.4 Å². The van der Waals surface area contributed by atoms with Gasteiger partial charge in [0, 0.05) is 36.3 Å². The number of benzene rings is 2. The smallest absolute Gasteiger partial charge is 0.264 e. The maximum Gasteiger partial charge on any atom is 0.264 e. The maximum atomic E-state index is 14.2. The Morgan fingerprint density at radius 2 is 1.73 bits per heavy atom. The number of carbonyl (C=O) groups excluding carboxylic acids is 1. The van der Waals surface area contributed by atoms with Gasteiger partial charge in [-0.05, 0) is 50.1 Å². The molecule has 1 aromatic heterocycles. The molecule has 3 aromatic rings. The third kappa shape index (κ3) is 3.75. The molecule has 1 saturated heterocycles. The van der Waals surface area contributed by atoms with Crippen molar-refractivity contribution in [3.05, 3.63) is 64.3 Å². The largest absolute Gasteiger partial charge is 0.337 e. The number of thiophene rings is 1. The Labute approximate surface area is 179 Å². The van der Waals surface area contributed by atoms with Crippen molar-refractivity contribution in [1.29, 1.82) is 0 Å². The topological polar surface area (TPSA) is 57.7 Å². The molecule has 2 heterocycles. The van der Waals surface area contributed by atoms with E-state index in [1.54, 1.807) is 42.2 Å². The van der Waals surface area contributed by atoms with E-state index in [-0.39, 0.29) is 23.2 Å². The van der Waals surface area contributed by atoms with Gasteiger partial charge in [0.25, 0.3) is 5.91 Å². The van der Waals surface area contributed by atoms with Crippen molar-refractivity contribution in [1.82, 2.24) is 9.21 Å². The molecule has 0 aliphatic carbocycles. The number of sulfonamides is 1. The van der Waals surface area contributed by atoms with E-state index in [1.807, 2.05) is 13.0 Å². The van der Waals surface area contributed by atoms with E-state index >= 15 is 0 Å². The molecule has 0 atom stereocenters. The summed E-state index contributed by atoms with van der Waals surface area (Å²) in [6, 6.07) is 11.7. The standard InChI is InChI=1S/C22H23FN2O3S2/c1-15-7-9-17(10-8-15)30(27,28)25-12-4-11-24(13-14-25)22(26)21-16(2)20-18(23)5-3-6-19(20)29-21/h3,5-10H,4,11-14H2,1-2H3. The molecule has 0 unspecified atom stereocenters. The summed E-state index contributed by atoms with van der Waals surface area (Å²) in [5.41, 5.74) is 1.64. The van der Waals surface area contributed by atoms with Crippen molar-refractivity contribution < 1.29 is 17.6 Å². The van der Waals surface area contributed by atoms with E-state index in [0.717, 1.165) is 10.3 Å². The molecule has 30 heavy (non-hydrogen) atoms. The third-order valence-electron chi connectivity index (χ3n) is 5.50. The lowest BCUT2D eigenvalue weighted by Crippen LogP contribution is -2.37. The van der Waals surface area contributed by atoms with Gasteiger partial charge in [0.05, 0.1) is 9.77 Å². The van der Waals surface area contributed by atoms with E-state index in [1.165, 1.54) is 21.7 Å². The van der Waals surface area contributed by atoms with Gasteiger partial charge in [-0.2, -0.15) is 4.31 Å². The van der Waals surface area contributed by atoms with Crippen LogP contribution in [0, 0.1) is 19.7 Å². The molecule has 2 aromatic carbocycles. The van der Waals surface area contributed by atoms with E-state index < -0.39 is 10.0 Å². The first-order valence-electron chi connectivity index (χ1n) is 9.83. The van der Waals surface area contributed by atoms with Crippen molar-refractivity contribution in [2.45, 2.75) is 25.2 Å². The van der Waals surface area contributed by atoms with Gasteiger partial charge in [-0.25, -0.2) is 12.8 Å². The Morgan fingerprint density at radius 1 is 1.00 bits per heavy atom. The van der Waals surface area contributed by atoms with Crippen LogP contribution < -0.4 is 0 Å². The second-order valence-corrected chi connectivity index (χ2v) is 10.5. The van der Waals surface area contributed by atoms with Crippen LogP contribution in [-0.2, 0) is 10.0 Å². The molecule has 1 aliphatic rings. The molecule has 158 valence electrons. The van der Waals surface area contributed by atoms with Crippen LogP contribution in [0.2, 0.25) is 0 Å². The highest BCUT2D eigenvalue weighted by atomic mass is 32.2. The molecule has 4 rings (SSSR count). The second kappa shape index (κ2) is 8.09. The van der Waals surface area contributed by atoms with Crippen molar-refractivity contribution in [2.75, 3.05) is 26.2 Å². The lowest BCUT2D eigenvalue weighted by molar-refractivity contribution is 0.0768. The Kier molecular flexibility index (Phi) is 5.65. The van der Waals surface area contributed by atoms with Gasteiger partial charge < -0.3 is 4.90 Å². The monoisotopic (exact) mass is 446 g/mol. The van der Waals surface area contributed by atoms with Crippen LogP contribution in [0.3, 0.4) is 0 Å². The van der Waals surface area contributed by atoms with Gasteiger partial charge in [-0.15, -0.1) is 11.3 Å². The van der Waals surface area contributed by atoms with Crippen LogP contribution in [0.4, 0.5) is 4.39 Å². The van der Waals surface area contributed by atoms with Gasteiger partial charge in [0.1, 0.15) is 5.82 Å². The molecule has 1 aliphatic heterocycles. The van der Waals surface area contributed by atoms with Crippen LogP contribution in [0.5, 0.6) is 0 Å². The van der Waals surface area contributed by atoms with Crippen molar-refractivity contribution in [3.8, 4) is 0 Å². The number of rotatable bonds is 3.